The average Bonchev–Trinajstić information content (AvgIpc) is 3.05. The van der Waals surface area contributed by atoms with Crippen LogP contribution in [0, 0.1) is 0 Å². The fourth-order valence-electron chi connectivity index (χ4n) is 2.09. The van der Waals surface area contributed by atoms with Crippen LogP contribution in [0.25, 0.3) is 0 Å². The van der Waals surface area contributed by atoms with Crippen LogP contribution < -0.4 is 5.32 Å². The zero-order valence-electron chi connectivity index (χ0n) is 12.7. The Labute approximate surface area is 140 Å². The van der Waals surface area contributed by atoms with Crippen molar-refractivity contribution in [2.75, 3.05) is 5.32 Å². The molecule has 0 bridgehead atoms. The predicted molar refractivity (Wildman–Crippen MR) is 82.8 cm³/mol. The lowest BCUT2D eigenvalue weighted by molar-refractivity contribution is -0.145. The van der Waals surface area contributed by atoms with E-state index in [1.165, 1.54) is 6.20 Å². The molecule has 6 nitrogen and oxygen atoms in total. The maximum Gasteiger partial charge on any atom is 0.453 e. The molecule has 0 aliphatic heterocycles. The van der Waals surface area contributed by atoms with Crippen molar-refractivity contribution in [3.8, 4) is 0 Å². The Kier molecular flexibility index (Phi) is 4.46. The monoisotopic (exact) mass is 347 g/mol. The number of benzene rings is 1. The number of carbonyl (C=O) groups is 1. The lowest BCUT2D eigenvalue weighted by Crippen LogP contribution is -2.12. The summed E-state index contributed by atoms with van der Waals surface area (Å²) in [6.45, 7) is 0.119. The summed E-state index contributed by atoms with van der Waals surface area (Å²) in [5, 5.41) is 6.08. The van der Waals surface area contributed by atoms with E-state index < -0.39 is 12.0 Å². The molecular weight excluding hydrogens is 335 g/mol. The van der Waals surface area contributed by atoms with E-state index in [9.17, 15) is 18.0 Å². The van der Waals surface area contributed by atoms with Crippen LogP contribution in [0.2, 0.25) is 0 Å². The van der Waals surface area contributed by atoms with Gasteiger partial charge in [0.25, 0.3) is 11.7 Å². The van der Waals surface area contributed by atoms with Crippen LogP contribution in [-0.2, 0) is 12.7 Å². The molecule has 1 amide bonds. The van der Waals surface area contributed by atoms with Crippen LogP contribution >= 0.6 is 0 Å². The molecule has 25 heavy (non-hydrogen) atoms. The summed E-state index contributed by atoms with van der Waals surface area (Å²) in [7, 11) is 0. The van der Waals surface area contributed by atoms with Gasteiger partial charge in [-0.1, -0.05) is 12.1 Å². The molecular formula is C16H12F3N5O. The Morgan fingerprint density at radius 3 is 2.52 bits per heavy atom. The number of halogens is 3. The number of amides is 1. The van der Waals surface area contributed by atoms with Gasteiger partial charge < -0.3 is 5.32 Å². The summed E-state index contributed by atoms with van der Waals surface area (Å²) >= 11 is 0. The first-order valence-corrected chi connectivity index (χ1v) is 7.19. The summed E-state index contributed by atoms with van der Waals surface area (Å²) in [5.74, 6) is -1.49. The Morgan fingerprint density at radius 1 is 1.16 bits per heavy atom. The number of nitrogens with one attached hydrogen (secondary N) is 1. The highest BCUT2D eigenvalue weighted by molar-refractivity contribution is 6.04. The van der Waals surface area contributed by atoms with Gasteiger partial charge >= 0.3 is 6.18 Å². The minimum atomic E-state index is -4.57. The second-order valence-corrected chi connectivity index (χ2v) is 5.16. The predicted octanol–water partition coefficient (Wildman–Crippen LogP) is 2.99. The van der Waals surface area contributed by atoms with Crippen LogP contribution in [0.4, 0.5) is 18.9 Å². The number of rotatable bonds is 4. The van der Waals surface area contributed by atoms with E-state index in [0.29, 0.717) is 16.8 Å². The molecule has 0 radical (unpaired) electrons. The van der Waals surface area contributed by atoms with Gasteiger partial charge in [-0.3, -0.25) is 9.78 Å². The van der Waals surface area contributed by atoms with Crippen molar-refractivity contribution in [1.82, 2.24) is 19.7 Å². The molecule has 0 spiro atoms. The average molecular weight is 347 g/mol. The largest absolute Gasteiger partial charge is 0.453 e. The van der Waals surface area contributed by atoms with Gasteiger partial charge in [-0.05, 0) is 29.8 Å². The van der Waals surface area contributed by atoms with E-state index in [2.05, 4.69) is 20.4 Å². The highest BCUT2D eigenvalue weighted by Gasteiger charge is 2.35. The SMILES string of the molecule is O=C(Nc1cccnc1)c1ccc(Cn2cnc(C(F)(F)F)n2)cc1. The first-order chi connectivity index (χ1) is 11.9. The van der Waals surface area contributed by atoms with Crippen LogP contribution in [0.15, 0.2) is 55.1 Å². The number of pyridine rings is 1. The Morgan fingerprint density at radius 2 is 1.92 bits per heavy atom. The molecule has 3 rings (SSSR count). The number of alkyl halides is 3. The number of anilines is 1. The smallest absolute Gasteiger partial charge is 0.321 e. The number of hydrogen-bond acceptors (Lipinski definition) is 4. The molecule has 2 aromatic heterocycles. The quantitative estimate of drug-likeness (QED) is 0.787. The van der Waals surface area contributed by atoms with Crippen molar-refractivity contribution in [2.24, 2.45) is 0 Å². The van der Waals surface area contributed by atoms with Crippen molar-refractivity contribution in [1.29, 1.82) is 0 Å². The van der Waals surface area contributed by atoms with Gasteiger partial charge in [-0.15, -0.1) is 5.10 Å². The van der Waals surface area contributed by atoms with Gasteiger partial charge in [-0.25, -0.2) is 9.67 Å². The van der Waals surface area contributed by atoms with Gasteiger partial charge in [0.2, 0.25) is 0 Å². The van der Waals surface area contributed by atoms with Crippen LogP contribution in [0.5, 0.6) is 0 Å². The molecule has 0 saturated carbocycles. The molecule has 9 heteroatoms. The standard InChI is InChI=1S/C16H12F3N5O/c17-16(18,19)15-21-10-24(23-15)9-11-3-5-12(6-4-11)14(25)22-13-2-1-7-20-8-13/h1-8,10H,9H2,(H,22,25). The third kappa shape index (κ3) is 4.19. The summed E-state index contributed by atoms with van der Waals surface area (Å²) in [6, 6.07) is 9.87. The van der Waals surface area contributed by atoms with Gasteiger partial charge in [-0.2, -0.15) is 13.2 Å². The topological polar surface area (TPSA) is 72.7 Å². The number of carbonyl (C=O) groups excluding carboxylic acids is 1. The van der Waals surface area contributed by atoms with Gasteiger partial charge in [0.05, 0.1) is 18.4 Å². The molecule has 2 heterocycles. The highest BCUT2D eigenvalue weighted by atomic mass is 19.4. The van der Waals surface area contributed by atoms with E-state index in [0.717, 1.165) is 11.0 Å². The molecule has 1 aromatic carbocycles. The Balaban J connectivity index is 1.66. The normalized spacial score (nSPS) is 11.3. The second kappa shape index (κ2) is 6.71. The first-order valence-electron chi connectivity index (χ1n) is 7.19. The van der Waals surface area contributed by atoms with Crippen molar-refractivity contribution < 1.29 is 18.0 Å². The Hall–Kier alpha value is -3.23. The van der Waals surface area contributed by atoms with E-state index in [1.54, 1.807) is 42.6 Å². The number of hydrogen-bond donors (Lipinski definition) is 1. The minimum absolute atomic E-state index is 0.119. The van der Waals surface area contributed by atoms with E-state index in [4.69, 9.17) is 0 Å². The molecule has 128 valence electrons. The van der Waals surface area contributed by atoms with E-state index in [-0.39, 0.29) is 12.5 Å². The van der Waals surface area contributed by atoms with Crippen molar-refractivity contribution in [2.45, 2.75) is 12.7 Å². The fourth-order valence-corrected chi connectivity index (χ4v) is 2.09. The molecule has 0 aliphatic carbocycles. The molecule has 1 N–H and O–H groups in total. The van der Waals surface area contributed by atoms with Gasteiger partial charge in [0.15, 0.2) is 0 Å². The Bertz CT molecular complexity index is 859. The molecule has 0 unspecified atom stereocenters. The molecule has 0 atom stereocenters. The van der Waals surface area contributed by atoms with Gasteiger partial charge in [0, 0.05) is 11.8 Å². The zero-order valence-corrected chi connectivity index (χ0v) is 12.7. The lowest BCUT2D eigenvalue weighted by Gasteiger charge is -2.06. The van der Waals surface area contributed by atoms with Crippen LogP contribution in [0.3, 0.4) is 0 Å². The molecule has 3 aromatic rings. The number of nitrogens with zero attached hydrogens (tertiary/aromatic N) is 4. The van der Waals surface area contributed by atoms with Crippen LogP contribution in [0.1, 0.15) is 21.7 Å². The molecule has 0 saturated heterocycles. The highest BCUT2D eigenvalue weighted by Crippen LogP contribution is 2.25. The summed E-state index contributed by atoms with van der Waals surface area (Å²) in [4.78, 5) is 19.2. The van der Waals surface area contributed by atoms with Crippen molar-refractivity contribution in [3.63, 3.8) is 0 Å². The van der Waals surface area contributed by atoms with Crippen LogP contribution in [-0.4, -0.2) is 25.7 Å². The maximum absolute atomic E-state index is 12.5. The summed E-state index contributed by atoms with van der Waals surface area (Å²) < 4.78 is 38.5. The van der Waals surface area contributed by atoms with Gasteiger partial charge in [0.1, 0.15) is 6.33 Å². The minimum Gasteiger partial charge on any atom is -0.321 e. The summed E-state index contributed by atoms with van der Waals surface area (Å²) in [5.41, 5.74) is 1.68. The summed E-state index contributed by atoms with van der Waals surface area (Å²) in [6.07, 6.45) is -0.431. The molecule has 0 fully saturated rings. The maximum atomic E-state index is 12.5. The third-order valence-electron chi connectivity index (χ3n) is 3.27. The fraction of sp³-hybridized carbons (Fsp3) is 0.125. The van der Waals surface area contributed by atoms with Crippen molar-refractivity contribution in [3.05, 3.63) is 72.1 Å². The molecule has 0 aliphatic rings. The second-order valence-electron chi connectivity index (χ2n) is 5.16. The lowest BCUT2D eigenvalue weighted by atomic mass is 10.1. The van der Waals surface area contributed by atoms with Crippen molar-refractivity contribution >= 4 is 11.6 Å². The van der Waals surface area contributed by atoms with E-state index in [1.807, 2.05) is 0 Å². The third-order valence-corrected chi connectivity index (χ3v) is 3.27. The number of aromatic nitrogens is 4. The first kappa shape index (κ1) is 16.6. The zero-order chi connectivity index (χ0) is 17.9. The van der Waals surface area contributed by atoms with E-state index >= 15 is 0 Å².